The van der Waals surface area contributed by atoms with E-state index >= 15 is 0 Å². The van der Waals surface area contributed by atoms with E-state index in [1.165, 1.54) is 6.20 Å². The van der Waals surface area contributed by atoms with Gasteiger partial charge in [-0.2, -0.15) is 5.10 Å². The van der Waals surface area contributed by atoms with E-state index in [2.05, 4.69) is 22.1 Å². The van der Waals surface area contributed by atoms with E-state index in [0.717, 1.165) is 32.4 Å². The summed E-state index contributed by atoms with van der Waals surface area (Å²) in [6.07, 6.45) is 5.89. The Morgan fingerprint density at radius 2 is 2.16 bits per heavy atom. The third-order valence-electron chi connectivity index (χ3n) is 3.25. The Hall–Kier alpha value is -0.920. The number of rotatable bonds is 8. The number of sulfonamides is 1. The molecule has 1 aromatic rings. The summed E-state index contributed by atoms with van der Waals surface area (Å²) in [5.74, 6) is 0. The number of aromatic nitrogens is 2. The largest absolute Gasteiger partial charge is 0.315 e. The van der Waals surface area contributed by atoms with Crippen LogP contribution in [0.2, 0.25) is 0 Å². The summed E-state index contributed by atoms with van der Waals surface area (Å²) in [4.78, 5) is 0.246. The number of nitrogens with one attached hydrogen (secondary N) is 2. The van der Waals surface area contributed by atoms with Crippen molar-refractivity contribution in [3.05, 3.63) is 12.4 Å². The van der Waals surface area contributed by atoms with Crippen LogP contribution >= 0.6 is 0 Å². The second kappa shape index (κ2) is 5.60. The van der Waals surface area contributed by atoms with Gasteiger partial charge in [-0.1, -0.05) is 6.92 Å². The van der Waals surface area contributed by atoms with Gasteiger partial charge >= 0.3 is 0 Å². The molecule has 0 bridgehead atoms. The Bertz CT molecular complexity index is 520. The van der Waals surface area contributed by atoms with E-state index in [0.29, 0.717) is 6.54 Å². The summed E-state index contributed by atoms with van der Waals surface area (Å²) in [6, 6.07) is 0. The standard InChI is InChI=1S/C12H22N4O2S/c1-3-6-13-7-8-16-10-11(9-14-16)19(17,18)15-12(2)4-5-12/h9-10,13,15H,3-8H2,1-2H3. The molecule has 0 atom stereocenters. The minimum absolute atomic E-state index is 0.246. The van der Waals surface area contributed by atoms with Crippen molar-refractivity contribution in [1.29, 1.82) is 0 Å². The van der Waals surface area contributed by atoms with Crippen LogP contribution in [0.15, 0.2) is 17.3 Å². The smallest absolute Gasteiger partial charge is 0.244 e. The van der Waals surface area contributed by atoms with Crippen LogP contribution < -0.4 is 10.0 Å². The van der Waals surface area contributed by atoms with Crippen molar-refractivity contribution < 1.29 is 8.42 Å². The molecule has 1 aliphatic carbocycles. The quantitative estimate of drug-likeness (QED) is 0.690. The molecule has 0 aliphatic heterocycles. The van der Waals surface area contributed by atoms with E-state index in [1.807, 2.05) is 6.92 Å². The summed E-state index contributed by atoms with van der Waals surface area (Å²) in [7, 11) is -3.42. The lowest BCUT2D eigenvalue weighted by molar-refractivity contribution is 0.549. The van der Waals surface area contributed by atoms with Crippen molar-refractivity contribution in [3.63, 3.8) is 0 Å². The third-order valence-corrected chi connectivity index (χ3v) is 4.84. The SMILES string of the molecule is CCCNCCn1cc(S(=O)(=O)NC2(C)CC2)cn1. The first-order valence-electron chi connectivity index (χ1n) is 6.72. The second-order valence-corrected chi connectivity index (χ2v) is 7.04. The molecule has 0 spiro atoms. The number of hydrogen-bond donors (Lipinski definition) is 2. The minimum atomic E-state index is -3.42. The van der Waals surface area contributed by atoms with Gasteiger partial charge in [0.25, 0.3) is 0 Å². The summed E-state index contributed by atoms with van der Waals surface area (Å²) in [5.41, 5.74) is -0.246. The highest BCUT2D eigenvalue weighted by Gasteiger charge is 2.41. The monoisotopic (exact) mass is 286 g/mol. The maximum absolute atomic E-state index is 12.1. The Labute approximate surface area is 114 Å². The Morgan fingerprint density at radius 3 is 2.79 bits per heavy atom. The van der Waals surface area contributed by atoms with Crippen molar-refractivity contribution in [2.75, 3.05) is 13.1 Å². The van der Waals surface area contributed by atoms with Crippen LogP contribution in [0.3, 0.4) is 0 Å². The molecule has 1 saturated carbocycles. The highest BCUT2D eigenvalue weighted by atomic mass is 32.2. The number of hydrogen-bond acceptors (Lipinski definition) is 4. The van der Waals surface area contributed by atoms with Crippen LogP contribution in [-0.2, 0) is 16.6 Å². The van der Waals surface area contributed by atoms with E-state index in [9.17, 15) is 8.42 Å². The first kappa shape index (κ1) is 14.5. The van der Waals surface area contributed by atoms with Crippen molar-refractivity contribution in [2.24, 2.45) is 0 Å². The van der Waals surface area contributed by atoms with Crippen LogP contribution in [0.5, 0.6) is 0 Å². The van der Waals surface area contributed by atoms with E-state index < -0.39 is 10.0 Å². The molecule has 7 heteroatoms. The predicted octanol–water partition coefficient (Wildman–Crippen LogP) is 0.714. The third kappa shape index (κ3) is 4.02. The lowest BCUT2D eigenvalue weighted by Crippen LogP contribution is -2.34. The minimum Gasteiger partial charge on any atom is -0.315 e. The summed E-state index contributed by atoms with van der Waals surface area (Å²) in [6.45, 7) is 6.46. The molecular weight excluding hydrogens is 264 g/mol. The molecule has 1 aliphatic rings. The average Bonchev–Trinajstić information content (AvgIpc) is 2.88. The van der Waals surface area contributed by atoms with Crippen LogP contribution in [0.25, 0.3) is 0 Å². The fourth-order valence-corrected chi connectivity index (χ4v) is 3.19. The van der Waals surface area contributed by atoms with Crippen LogP contribution in [0.4, 0.5) is 0 Å². The summed E-state index contributed by atoms with van der Waals surface area (Å²) in [5, 5.41) is 7.34. The molecule has 0 saturated heterocycles. The molecule has 2 N–H and O–H groups in total. The zero-order valence-corrected chi connectivity index (χ0v) is 12.3. The molecule has 6 nitrogen and oxygen atoms in total. The van der Waals surface area contributed by atoms with Gasteiger partial charge < -0.3 is 5.32 Å². The van der Waals surface area contributed by atoms with Crippen molar-refractivity contribution in [3.8, 4) is 0 Å². The first-order valence-corrected chi connectivity index (χ1v) is 8.21. The molecule has 0 aromatic carbocycles. The van der Waals surface area contributed by atoms with Gasteiger partial charge in [0, 0.05) is 18.3 Å². The zero-order chi connectivity index (χ0) is 13.9. The molecule has 19 heavy (non-hydrogen) atoms. The molecule has 2 rings (SSSR count). The average molecular weight is 286 g/mol. The highest BCUT2D eigenvalue weighted by Crippen LogP contribution is 2.35. The van der Waals surface area contributed by atoms with Gasteiger partial charge in [0.1, 0.15) is 4.90 Å². The number of nitrogens with zero attached hydrogens (tertiary/aromatic N) is 2. The summed E-state index contributed by atoms with van der Waals surface area (Å²) < 4.78 is 28.6. The normalized spacial score (nSPS) is 17.6. The first-order chi connectivity index (χ1) is 8.95. The Balaban J connectivity index is 1.92. The Morgan fingerprint density at radius 1 is 1.42 bits per heavy atom. The molecule has 0 amide bonds. The predicted molar refractivity (Wildman–Crippen MR) is 73.3 cm³/mol. The molecule has 0 radical (unpaired) electrons. The fraction of sp³-hybridized carbons (Fsp3) is 0.750. The zero-order valence-electron chi connectivity index (χ0n) is 11.5. The topological polar surface area (TPSA) is 76.0 Å². The maximum Gasteiger partial charge on any atom is 0.244 e. The van der Waals surface area contributed by atoms with Crippen molar-refractivity contribution in [1.82, 2.24) is 19.8 Å². The molecule has 1 fully saturated rings. The summed E-state index contributed by atoms with van der Waals surface area (Å²) >= 11 is 0. The van der Waals surface area contributed by atoms with Gasteiger partial charge in [0.05, 0.1) is 12.7 Å². The molecule has 1 heterocycles. The van der Waals surface area contributed by atoms with Gasteiger partial charge in [0.15, 0.2) is 0 Å². The van der Waals surface area contributed by atoms with Gasteiger partial charge in [-0.25, -0.2) is 13.1 Å². The van der Waals surface area contributed by atoms with Gasteiger partial charge in [-0.3, -0.25) is 4.68 Å². The van der Waals surface area contributed by atoms with Crippen molar-refractivity contribution in [2.45, 2.75) is 50.1 Å². The van der Waals surface area contributed by atoms with Crippen molar-refractivity contribution >= 4 is 10.0 Å². The van der Waals surface area contributed by atoms with E-state index in [1.54, 1.807) is 10.9 Å². The molecule has 0 unspecified atom stereocenters. The van der Waals surface area contributed by atoms with Crippen LogP contribution in [0, 0.1) is 0 Å². The Kier molecular flexibility index (Phi) is 4.27. The molecule has 1 aromatic heterocycles. The van der Waals surface area contributed by atoms with E-state index in [-0.39, 0.29) is 10.4 Å². The van der Waals surface area contributed by atoms with Gasteiger partial charge in [-0.05, 0) is 32.7 Å². The second-order valence-electron chi connectivity index (χ2n) is 5.36. The van der Waals surface area contributed by atoms with Crippen LogP contribution in [0.1, 0.15) is 33.1 Å². The molecular formula is C12H22N4O2S. The van der Waals surface area contributed by atoms with Gasteiger partial charge in [0.2, 0.25) is 10.0 Å². The maximum atomic E-state index is 12.1. The van der Waals surface area contributed by atoms with Gasteiger partial charge in [-0.15, -0.1) is 0 Å². The lowest BCUT2D eigenvalue weighted by Gasteiger charge is -2.10. The fourth-order valence-electron chi connectivity index (χ4n) is 1.77. The van der Waals surface area contributed by atoms with Crippen LogP contribution in [-0.4, -0.2) is 36.8 Å². The highest BCUT2D eigenvalue weighted by molar-refractivity contribution is 7.89. The van der Waals surface area contributed by atoms with E-state index in [4.69, 9.17) is 0 Å². The molecule has 108 valence electrons. The lowest BCUT2D eigenvalue weighted by atomic mass is 10.4.